The minimum absolute atomic E-state index is 0.0346. The van der Waals surface area contributed by atoms with Gasteiger partial charge in [0.1, 0.15) is 23.4 Å². The van der Waals surface area contributed by atoms with Crippen molar-refractivity contribution in [2.45, 2.75) is 65.3 Å². The highest BCUT2D eigenvalue weighted by atomic mass is 19.1. The van der Waals surface area contributed by atoms with Crippen LogP contribution < -0.4 is 10.6 Å². The van der Waals surface area contributed by atoms with E-state index in [4.69, 9.17) is 0 Å². The lowest BCUT2D eigenvalue weighted by Crippen LogP contribution is -2.59. The van der Waals surface area contributed by atoms with E-state index in [9.17, 15) is 23.2 Å². The number of carbonyl (C=O) groups is 3. The van der Waals surface area contributed by atoms with Gasteiger partial charge in [0.05, 0.1) is 6.54 Å². The number of benzene rings is 1. The van der Waals surface area contributed by atoms with Crippen molar-refractivity contribution in [2.75, 3.05) is 18.4 Å². The Morgan fingerprint density at radius 2 is 1.56 bits per heavy atom. The lowest BCUT2D eigenvalue weighted by molar-refractivity contribution is -0.150. The molecule has 0 aromatic heterocycles. The lowest BCUT2D eigenvalue weighted by Gasteiger charge is -2.56. The number of nitrogens with zero attached hydrogens (tertiary/aromatic N) is 1. The normalized spacial score (nSPS) is 28.0. The van der Waals surface area contributed by atoms with E-state index >= 15 is 0 Å². The number of hydrogen-bond acceptors (Lipinski definition) is 3. The standard InChI is InChI=1S/C26H35F2N3O3/c1-4-31(14-21(32)29-23-19(27)6-5-7-20(23)28)24(33)22(15(2)3)30-25(34)26-11-16-8-17(12-26)10-18(9-16)13-26/h5-7,15-18,22H,4,8-14H2,1-3H3,(H,29,32)(H,30,34). The molecule has 0 saturated heterocycles. The summed E-state index contributed by atoms with van der Waals surface area (Å²) in [6.07, 6.45) is 6.37. The summed E-state index contributed by atoms with van der Waals surface area (Å²) in [6, 6.07) is 2.55. The maximum absolute atomic E-state index is 13.9. The number of halogens is 2. The van der Waals surface area contributed by atoms with Crippen molar-refractivity contribution in [3.8, 4) is 0 Å². The van der Waals surface area contributed by atoms with Crippen LogP contribution in [0.5, 0.6) is 0 Å². The molecule has 4 bridgehead atoms. The zero-order valence-corrected chi connectivity index (χ0v) is 20.2. The Bertz CT molecular complexity index is 909. The molecule has 1 aromatic rings. The summed E-state index contributed by atoms with van der Waals surface area (Å²) in [5, 5.41) is 5.27. The average molecular weight is 476 g/mol. The zero-order chi connectivity index (χ0) is 24.6. The van der Waals surface area contributed by atoms with Crippen molar-refractivity contribution >= 4 is 23.4 Å². The molecule has 5 rings (SSSR count). The van der Waals surface area contributed by atoms with Crippen LogP contribution in [0, 0.1) is 40.7 Å². The van der Waals surface area contributed by atoms with Gasteiger partial charge in [0.15, 0.2) is 0 Å². The van der Waals surface area contributed by atoms with E-state index in [1.165, 1.54) is 30.2 Å². The van der Waals surface area contributed by atoms with Crippen LogP contribution in [0.15, 0.2) is 18.2 Å². The van der Waals surface area contributed by atoms with Crippen LogP contribution >= 0.6 is 0 Å². The maximum Gasteiger partial charge on any atom is 0.245 e. The molecule has 1 atom stereocenters. The molecule has 4 saturated carbocycles. The highest BCUT2D eigenvalue weighted by molar-refractivity contribution is 5.96. The van der Waals surface area contributed by atoms with Crippen molar-refractivity contribution in [1.82, 2.24) is 10.2 Å². The minimum atomic E-state index is -0.884. The van der Waals surface area contributed by atoms with E-state index in [0.717, 1.165) is 31.4 Å². The van der Waals surface area contributed by atoms with Crippen molar-refractivity contribution in [1.29, 1.82) is 0 Å². The second-order valence-electron chi connectivity index (χ2n) is 10.9. The fourth-order valence-electron chi connectivity index (χ4n) is 6.71. The van der Waals surface area contributed by atoms with E-state index < -0.39 is 29.3 Å². The topological polar surface area (TPSA) is 78.5 Å². The summed E-state index contributed by atoms with van der Waals surface area (Å²) in [4.78, 5) is 40.7. The van der Waals surface area contributed by atoms with Crippen LogP contribution in [-0.2, 0) is 14.4 Å². The number of likely N-dealkylation sites (N-methyl/N-ethyl adjacent to an activating group) is 1. The predicted octanol–water partition coefficient (Wildman–Crippen LogP) is 4.11. The number of para-hydroxylation sites is 1. The molecule has 186 valence electrons. The summed E-state index contributed by atoms with van der Waals surface area (Å²) in [5.74, 6) is -1.20. The van der Waals surface area contributed by atoms with Crippen LogP contribution in [-0.4, -0.2) is 41.8 Å². The maximum atomic E-state index is 13.9. The third-order valence-corrected chi connectivity index (χ3v) is 7.99. The quantitative estimate of drug-likeness (QED) is 0.594. The summed E-state index contributed by atoms with van der Waals surface area (Å²) < 4.78 is 27.8. The molecule has 4 aliphatic carbocycles. The highest BCUT2D eigenvalue weighted by Crippen LogP contribution is 2.60. The van der Waals surface area contributed by atoms with E-state index in [2.05, 4.69) is 10.6 Å². The first kappa shape index (κ1) is 24.6. The Kier molecular flexibility index (Phi) is 6.97. The van der Waals surface area contributed by atoms with Gasteiger partial charge in [-0.05, 0) is 81.3 Å². The van der Waals surface area contributed by atoms with Gasteiger partial charge >= 0.3 is 0 Å². The van der Waals surface area contributed by atoms with Gasteiger partial charge in [-0.15, -0.1) is 0 Å². The van der Waals surface area contributed by atoms with Gasteiger partial charge in [-0.1, -0.05) is 19.9 Å². The van der Waals surface area contributed by atoms with Crippen LogP contribution in [0.2, 0.25) is 0 Å². The van der Waals surface area contributed by atoms with Gasteiger partial charge in [0.2, 0.25) is 17.7 Å². The lowest BCUT2D eigenvalue weighted by atomic mass is 9.49. The van der Waals surface area contributed by atoms with Gasteiger partial charge < -0.3 is 15.5 Å². The van der Waals surface area contributed by atoms with Crippen LogP contribution in [0.4, 0.5) is 14.5 Å². The highest BCUT2D eigenvalue weighted by Gasteiger charge is 2.55. The Hall–Kier alpha value is -2.51. The monoisotopic (exact) mass is 475 g/mol. The molecule has 0 heterocycles. The molecule has 3 amide bonds. The molecule has 1 aromatic carbocycles. The molecule has 0 aliphatic heterocycles. The molecular formula is C26H35F2N3O3. The third-order valence-electron chi connectivity index (χ3n) is 7.99. The fraction of sp³-hybridized carbons (Fsp3) is 0.654. The number of amides is 3. The number of carbonyl (C=O) groups excluding carboxylic acids is 3. The molecule has 4 fully saturated rings. The van der Waals surface area contributed by atoms with Crippen molar-refractivity contribution in [2.24, 2.45) is 29.1 Å². The summed E-state index contributed by atoms with van der Waals surface area (Å²) >= 11 is 0. The largest absolute Gasteiger partial charge is 0.344 e. The molecular weight excluding hydrogens is 440 g/mol. The second kappa shape index (κ2) is 9.62. The summed E-state index contributed by atoms with van der Waals surface area (Å²) in [5.41, 5.74) is -0.912. The summed E-state index contributed by atoms with van der Waals surface area (Å²) in [6.45, 7) is 5.32. The first-order valence-corrected chi connectivity index (χ1v) is 12.5. The number of anilines is 1. The first-order valence-electron chi connectivity index (χ1n) is 12.5. The van der Waals surface area contributed by atoms with Crippen LogP contribution in [0.25, 0.3) is 0 Å². The van der Waals surface area contributed by atoms with Crippen molar-refractivity contribution < 1.29 is 23.2 Å². The number of nitrogens with one attached hydrogen (secondary N) is 2. The van der Waals surface area contributed by atoms with Gasteiger partial charge in [0, 0.05) is 12.0 Å². The smallest absolute Gasteiger partial charge is 0.245 e. The van der Waals surface area contributed by atoms with Crippen LogP contribution in [0.3, 0.4) is 0 Å². The van der Waals surface area contributed by atoms with Gasteiger partial charge in [-0.2, -0.15) is 0 Å². The van der Waals surface area contributed by atoms with E-state index in [-0.39, 0.29) is 36.2 Å². The Morgan fingerprint density at radius 3 is 2.03 bits per heavy atom. The third kappa shape index (κ3) is 4.82. The molecule has 1 unspecified atom stereocenters. The second-order valence-corrected chi connectivity index (χ2v) is 10.9. The minimum Gasteiger partial charge on any atom is -0.344 e. The summed E-state index contributed by atoms with van der Waals surface area (Å²) in [7, 11) is 0. The zero-order valence-electron chi connectivity index (χ0n) is 20.2. The Balaban J connectivity index is 1.43. The molecule has 4 aliphatic rings. The molecule has 34 heavy (non-hydrogen) atoms. The van der Waals surface area contributed by atoms with E-state index in [1.54, 1.807) is 6.92 Å². The Morgan fingerprint density at radius 1 is 1.03 bits per heavy atom. The first-order chi connectivity index (χ1) is 16.1. The van der Waals surface area contributed by atoms with E-state index in [1.807, 2.05) is 13.8 Å². The molecule has 0 radical (unpaired) electrons. The fourth-order valence-corrected chi connectivity index (χ4v) is 6.71. The molecule has 8 heteroatoms. The molecule has 2 N–H and O–H groups in total. The molecule has 6 nitrogen and oxygen atoms in total. The van der Waals surface area contributed by atoms with Gasteiger partial charge in [0.25, 0.3) is 0 Å². The van der Waals surface area contributed by atoms with E-state index in [0.29, 0.717) is 17.8 Å². The van der Waals surface area contributed by atoms with Gasteiger partial charge in [-0.3, -0.25) is 14.4 Å². The Labute approximate surface area is 199 Å². The predicted molar refractivity (Wildman–Crippen MR) is 125 cm³/mol. The van der Waals surface area contributed by atoms with Crippen LogP contribution in [0.1, 0.15) is 59.3 Å². The van der Waals surface area contributed by atoms with Crippen molar-refractivity contribution in [3.63, 3.8) is 0 Å². The van der Waals surface area contributed by atoms with Crippen molar-refractivity contribution in [3.05, 3.63) is 29.8 Å². The number of hydrogen-bond donors (Lipinski definition) is 2. The molecule has 0 spiro atoms. The number of rotatable bonds is 8. The SMILES string of the molecule is CCN(CC(=O)Nc1c(F)cccc1F)C(=O)C(NC(=O)C12CC3CC(CC(C3)C1)C2)C(C)C. The average Bonchev–Trinajstić information content (AvgIpc) is 2.76. The van der Waals surface area contributed by atoms with Gasteiger partial charge in [-0.25, -0.2) is 8.78 Å².